The molecule has 1 spiro atoms. The van der Waals surface area contributed by atoms with Crippen molar-refractivity contribution in [1.82, 2.24) is 0 Å². The summed E-state index contributed by atoms with van der Waals surface area (Å²) in [7, 11) is 0. The van der Waals surface area contributed by atoms with Crippen LogP contribution in [0.4, 0.5) is 0 Å². The highest BCUT2D eigenvalue weighted by molar-refractivity contribution is 5.83. The number of Topliss-reactive ketones (excluding diaryl/α,β-unsaturated/α-hetero) is 2. The molecule has 0 aromatic rings. The van der Waals surface area contributed by atoms with Gasteiger partial charge in [0, 0.05) is 24.7 Å². The zero-order valence-electron chi connectivity index (χ0n) is 15.8. The summed E-state index contributed by atoms with van der Waals surface area (Å²) in [5.74, 6) is 3.72. The lowest BCUT2D eigenvalue weighted by atomic mass is 9.44. The molecule has 138 valence electrons. The van der Waals surface area contributed by atoms with Gasteiger partial charge in [0.25, 0.3) is 0 Å². The topological polar surface area (TPSA) is 43.4 Å². The normalized spacial score (nSPS) is 55.1. The number of carbonyl (C=O) groups is 2. The highest BCUT2D eigenvalue weighted by Gasteiger charge is 2.66. The van der Waals surface area contributed by atoms with Gasteiger partial charge in [0.15, 0.2) is 5.78 Å². The second-order valence-corrected chi connectivity index (χ2v) is 10.4. The molecule has 7 atom stereocenters. The van der Waals surface area contributed by atoms with Gasteiger partial charge in [0.2, 0.25) is 0 Å². The second-order valence-electron chi connectivity index (χ2n) is 10.4. The molecule has 1 unspecified atom stereocenters. The van der Waals surface area contributed by atoms with E-state index in [0.717, 1.165) is 37.5 Å². The van der Waals surface area contributed by atoms with Crippen LogP contribution in [-0.2, 0) is 14.3 Å². The fourth-order valence-corrected chi connectivity index (χ4v) is 8.30. The third-order valence-corrected chi connectivity index (χ3v) is 9.76. The maximum absolute atomic E-state index is 12.0. The first-order valence-electron chi connectivity index (χ1n) is 10.6. The Hall–Kier alpha value is -0.700. The van der Waals surface area contributed by atoms with Crippen LogP contribution in [0, 0.1) is 34.5 Å². The van der Waals surface area contributed by atoms with Crippen molar-refractivity contribution in [2.75, 3.05) is 6.61 Å². The highest BCUT2D eigenvalue weighted by atomic mass is 16.5. The van der Waals surface area contributed by atoms with Crippen LogP contribution < -0.4 is 0 Å². The Morgan fingerprint density at radius 2 is 1.72 bits per heavy atom. The van der Waals surface area contributed by atoms with Crippen molar-refractivity contribution < 1.29 is 14.3 Å². The third-order valence-electron chi connectivity index (χ3n) is 9.76. The number of hydrogen-bond donors (Lipinski definition) is 0. The monoisotopic (exact) mass is 344 g/mol. The number of ether oxygens (including phenoxy) is 1. The van der Waals surface area contributed by atoms with E-state index in [0.29, 0.717) is 41.8 Å². The van der Waals surface area contributed by atoms with Crippen molar-refractivity contribution in [3.8, 4) is 0 Å². The number of fused-ring (bicyclic) bond motifs is 6. The van der Waals surface area contributed by atoms with Gasteiger partial charge >= 0.3 is 0 Å². The van der Waals surface area contributed by atoms with Gasteiger partial charge < -0.3 is 4.74 Å². The minimum absolute atomic E-state index is 0.153. The molecule has 0 aromatic carbocycles. The minimum atomic E-state index is -0.153. The van der Waals surface area contributed by atoms with Crippen LogP contribution in [0.2, 0.25) is 0 Å². The van der Waals surface area contributed by atoms with E-state index in [9.17, 15) is 9.59 Å². The zero-order chi connectivity index (χ0) is 17.4. The Morgan fingerprint density at radius 3 is 2.48 bits per heavy atom. The first-order valence-corrected chi connectivity index (χ1v) is 10.6. The van der Waals surface area contributed by atoms with Gasteiger partial charge in [0.05, 0.1) is 5.60 Å². The quantitative estimate of drug-likeness (QED) is 0.657. The van der Waals surface area contributed by atoms with Crippen molar-refractivity contribution >= 4 is 11.6 Å². The van der Waals surface area contributed by atoms with Crippen LogP contribution in [0.15, 0.2) is 0 Å². The molecule has 25 heavy (non-hydrogen) atoms. The number of hydrogen-bond acceptors (Lipinski definition) is 3. The van der Waals surface area contributed by atoms with Gasteiger partial charge in [-0.3, -0.25) is 9.59 Å². The average Bonchev–Trinajstić information content (AvgIpc) is 3.10. The van der Waals surface area contributed by atoms with Gasteiger partial charge in [-0.05, 0) is 74.0 Å². The number of rotatable bonds is 0. The van der Waals surface area contributed by atoms with Crippen LogP contribution in [0.1, 0.15) is 78.1 Å². The molecule has 5 rings (SSSR count). The molecule has 1 saturated heterocycles. The van der Waals surface area contributed by atoms with Crippen molar-refractivity contribution in [2.24, 2.45) is 34.5 Å². The average molecular weight is 344 g/mol. The Bertz CT molecular complexity index is 627. The molecule has 3 nitrogen and oxygen atoms in total. The van der Waals surface area contributed by atoms with Crippen molar-refractivity contribution in [3.05, 3.63) is 0 Å². The Morgan fingerprint density at radius 1 is 0.920 bits per heavy atom. The number of carbonyl (C=O) groups excluding carboxylic acids is 2. The van der Waals surface area contributed by atoms with Crippen LogP contribution in [0.5, 0.6) is 0 Å². The molecule has 0 aromatic heterocycles. The summed E-state index contributed by atoms with van der Waals surface area (Å²) in [6, 6.07) is 0. The van der Waals surface area contributed by atoms with Gasteiger partial charge in [-0.1, -0.05) is 13.8 Å². The van der Waals surface area contributed by atoms with Gasteiger partial charge in [-0.15, -0.1) is 0 Å². The largest absolute Gasteiger partial charge is 0.366 e. The van der Waals surface area contributed by atoms with E-state index in [1.807, 2.05) is 0 Å². The van der Waals surface area contributed by atoms with Gasteiger partial charge in [0.1, 0.15) is 12.4 Å². The predicted molar refractivity (Wildman–Crippen MR) is 95.0 cm³/mol. The van der Waals surface area contributed by atoms with E-state index in [4.69, 9.17) is 4.74 Å². The van der Waals surface area contributed by atoms with E-state index in [1.54, 1.807) is 0 Å². The SMILES string of the molecule is C[C@]12CCC(=O)C[C@@H]1CC[C@@H]1[C@@H]2CC[C@@]2(C)[C@H]1CCC21CC(=O)CO1. The van der Waals surface area contributed by atoms with Crippen molar-refractivity contribution in [2.45, 2.75) is 83.7 Å². The van der Waals surface area contributed by atoms with E-state index < -0.39 is 0 Å². The molecule has 0 amide bonds. The van der Waals surface area contributed by atoms with E-state index in [-0.39, 0.29) is 11.0 Å². The van der Waals surface area contributed by atoms with E-state index in [1.165, 1.54) is 32.1 Å². The zero-order valence-corrected chi connectivity index (χ0v) is 15.8. The van der Waals surface area contributed by atoms with Crippen LogP contribution >= 0.6 is 0 Å². The molecule has 5 fully saturated rings. The lowest BCUT2D eigenvalue weighted by Gasteiger charge is -2.61. The summed E-state index contributed by atoms with van der Waals surface area (Å²) in [5.41, 5.74) is 0.411. The first-order chi connectivity index (χ1) is 11.9. The second kappa shape index (κ2) is 5.18. The number of ketones is 2. The van der Waals surface area contributed by atoms with Gasteiger partial charge in [-0.2, -0.15) is 0 Å². The molecular formula is C22H32O3. The molecule has 1 heterocycles. The molecule has 1 aliphatic heterocycles. The van der Waals surface area contributed by atoms with E-state index in [2.05, 4.69) is 13.8 Å². The summed E-state index contributed by atoms with van der Waals surface area (Å²) in [6.45, 7) is 5.29. The minimum Gasteiger partial charge on any atom is -0.366 e. The standard InChI is InChI=1S/C22H32O3/c1-20-8-5-15(23)11-14(20)3-4-17-18(20)6-9-21(2)19(17)7-10-22(21)12-16(24)13-25-22/h14,17-19H,3-13H2,1-2H3/t14-,17+,18-,19-,20-,21-,22?/m0/s1. The summed E-state index contributed by atoms with van der Waals surface area (Å²) in [5, 5.41) is 0. The maximum atomic E-state index is 12.0. The Kier molecular flexibility index (Phi) is 3.41. The summed E-state index contributed by atoms with van der Waals surface area (Å²) < 4.78 is 6.22. The van der Waals surface area contributed by atoms with Crippen LogP contribution in [0.3, 0.4) is 0 Å². The smallest absolute Gasteiger partial charge is 0.161 e. The van der Waals surface area contributed by atoms with Crippen molar-refractivity contribution in [3.63, 3.8) is 0 Å². The van der Waals surface area contributed by atoms with Crippen LogP contribution in [0.25, 0.3) is 0 Å². The fourth-order valence-electron chi connectivity index (χ4n) is 8.30. The molecule has 3 heteroatoms. The molecular weight excluding hydrogens is 312 g/mol. The fraction of sp³-hybridized carbons (Fsp3) is 0.909. The Labute approximate surface area is 151 Å². The lowest BCUT2D eigenvalue weighted by molar-refractivity contribution is -0.160. The molecule has 4 aliphatic carbocycles. The first kappa shape index (κ1) is 16.5. The van der Waals surface area contributed by atoms with Gasteiger partial charge in [-0.25, -0.2) is 0 Å². The summed E-state index contributed by atoms with van der Waals surface area (Å²) in [4.78, 5) is 24.0. The summed E-state index contributed by atoms with van der Waals surface area (Å²) in [6.07, 6.45) is 10.8. The highest BCUT2D eigenvalue weighted by Crippen LogP contribution is 2.69. The van der Waals surface area contributed by atoms with E-state index >= 15 is 0 Å². The molecule has 4 saturated carbocycles. The summed E-state index contributed by atoms with van der Waals surface area (Å²) >= 11 is 0. The Balaban J connectivity index is 1.46. The van der Waals surface area contributed by atoms with Crippen molar-refractivity contribution in [1.29, 1.82) is 0 Å². The van der Waals surface area contributed by atoms with Crippen LogP contribution in [-0.4, -0.2) is 23.8 Å². The molecule has 0 radical (unpaired) electrons. The molecule has 0 N–H and O–H groups in total. The lowest BCUT2D eigenvalue weighted by Crippen LogP contribution is -2.56. The predicted octanol–water partition coefficient (Wildman–Crippen LogP) is 4.33. The molecule has 0 bridgehead atoms. The molecule has 5 aliphatic rings. The maximum Gasteiger partial charge on any atom is 0.161 e. The third kappa shape index (κ3) is 2.02.